The zero-order valence-corrected chi connectivity index (χ0v) is 11.5. The van der Waals surface area contributed by atoms with Crippen LogP contribution >= 0.6 is 0 Å². The SMILES string of the molecule is CC(CCC(=O)O)NCc1ccc(S(N)(=O)=O)cc1. The Bertz CT molecular complexity index is 525. The number of primary sulfonamides is 1. The Morgan fingerprint density at radius 2 is 1.95 bits per heavy atom. The number of carboxylic acid groups (broad SMARTS) is 1. The summed E-state index contributed by atoms with van der Waals surface area (Å²) >= 11 is 0. The maximum absolute atomic E-state index is 11.1. The number of nitrogens with one attached hydrogen (secondary N) is 1. The predicted molar refractivity (Wildman–Crippen MR) is 71.0 cm³/mol. The van der Waals surface area contributed by atoms with Crippen molar-refractivity contribution in [3.05, 3.63) is 29.8 Å². The van der Waals surface area contributed by atoms with Gasteiger partial charge in [0, 0.05) is 19.0 Å². The summed E-state index contributed by atoms with van der Waals surface area (Å²) in [6, 6.07) is 6.34. The lowest BCUT2D eigenvalue weighted by Gasteiger charge is -2.12. The van der Waals surface area contributed by atoms with Crippen LogP contribution in [0.4, 0.5) is 0 Å². The number of sulfonamides is 1. The second kappa shape index (κ2) is 6.65. The molecule has 1 atom stereocenters. The van der Waals surface area contributed by atoms with Crippen molar-refractivity contribution in [3.8, 4) is 0 Å². The molecular weight excluding hydrogens is 268 g/mol. The zero-order chi connectivity index (χ0) is 14.5. The van der Waals surface area contributed by atoms with Gasteiger partial charge in [-0.1, -0.05) is 12.1 Å². The number of benzene rings is 1. The van der Waals surface area contributed by atoms with Gasteiger partial charge in [-0.05, 0) is 31.0 Å². The van der Waals surface area contributed by atoms with E-state index in [9.17, 15) is 13.2 Å². The van der Waals surface area contributed by atoms with Gasteiger partial charge in [-0.3, -0.25) is 4.79 Å². The van der Waals surface area contributed by atoms with Crippen LogP contribution in [0.25, 0.3) is 0 Å². The van der Waals surface area contributed by atoms with Crippen LogP contribution in [-0.2, 0) is 21.4 Å². The molecule has 0 radical (unpaired) electrons. The maximum Gasteiger partial charge on any atom is 0.303 e. The summed E-state index contributed by atoms with van der Waals surface area (Å²) in [4.78, 5) is 10.5. The molecule has 0 aliphatic rings. The summed E-state index contributed by atoms with van der Waals surface area (Å²) in [5.41, 5.74) is 0.912. The molecule has 1 aromatic carbocycles. The minimum atomic E-state index is -3.65. The molecule has 0 bridgehead atoms. The average molecular weight is 286 g/mol. The first kappa shape index (κ1) is 15.6. The maximum atomic E-state index is 11.1. The van der Waals surface area contributed by atoms with Gasteiger partial charge < -0.3 is 10.4 Å². The highest BCUT2D eigenvalue weighted by Gasteiger charge is 2.08. The number of carbonyl (C=O) groups is 1. The van der Waals surface area contributed by atoms with Gasteiger partial charge in [-0.15, -0.1) is 0 Å². The minimum absolute atomic E-state index is 0.0778. The van der Waals surface area contributed by atoms with Crippen molar-refractivity contribution in [2.24, 2.45) is 5.14 Å². The van der Waals surface area contributed by atoms with Crippen LogP contribution in [0, 0.1) is 0 Å². The second-order valence-electron chi connectivity index (χ2n) is 4.40. The van der Waals surface area contributed by atoms with E-state index in [1.54, 1.807) is 12.1 Å². The number of hydrogen-bond acceptors (Lipinski definition) is 4. The van der Waals surface area contributed by atoms with E-state index in [0.717, 1.165) is 5.56 Å². The molecule has 0 heterocycles. The summed E-state index contributed by atoms with van der Waals surface area (Å²) in [5, 5.41) is 16.7. The van der Waals surface area contributed by atoms with Gasteiger partial charge in [0.05, 0.1) is 4.90 Å². The van der Waals surface area contributed by atoms with Crippen molar-refractivity contribution < 1.29 is 18.3 Å². The monoisotopic (exact) mass is 286 g/mol. The summed E-state index contributed by atoms with van der Waals surface area (Å²) < 4.78 is 22.1. The normalized spacial score (nSPS) is 13.2. The molecule has 0 fully saturated rings. The third-order valence-corrected chi connectivity index (χ3v) is 3.63. The molecule has 6 nitrogen and oxygen atoms in total. The molecule has 106 valence electrons. The number of aliphatic carboxylic acids is 1. The van der Waals surface area contributed by atoms with Crippen LogP contribution in [-0.4, -0.2) is 25.5 Å². The number of rotatable bonds is 7. The van der Waals surface area contributed by atoms with Crippen molar-refractivity contribution in [1.29, 1.82) is 0 Å². The molecule has 4 N–H and O–H groups in total. The Hall–Kier alpha value is -1.44. The Morgan fingerprint density at radius 1 is 1.37 bits per heavy atom. The topological polar surface area (TPSA) is 109 Å². The molecule has 0 aliphatic heterocycles. The lowest BCUT2D eigenvalue weighted by molar-refractivity contribution is -0.137. The molecule has 0 saturated heterocycles. The van der Waals surface area contributed by atoms with E-state index in [4.69, 9.17) is 10.2 Å². The Morgan fingerprint density at radius 3 is 2.42 bits per heavy atom. The first-order chi connectivity index (χ1) is 8.79. The third kappa shape index (κ3) is 5.82. The third-order valence-electron chi connectivity index (χ3n) is 2.70. The quantitative estimate of drug-likeness (QED) is 0.682. The lowest BCUT2D eigenvalue weighted by atomic mass is 10.1. The highest BCUT2D eigenvalue weighted by Crippen LogP contribution is 2.09. The van der Waals surface area contributed by atoms with Crippen molar-refractivity contribution >= 4 is 16.0 Å². The zero-order valence-electron chi connectivity index (χ0n) is 10.7. The fourth-order valence-corrected chi connectivity index (χ4v) is 2.05. The molecule has 19 heavy (non-hydrogen) atoms. The van der Waals surface area contributed by atoms with Gasteiger partial charge in [0.2, 0.25) is 10.0 Å². The van der Waals surface area contributed by atoms with Crippen molar-refractivity contribution in [2.75, 3.05) is 0 Å². The number of nitrogens with two attached hydrogens (primary N) is 1. The minimum Gasteiger partial charge on any atom is -0.481 e. The Kier molecular flexibility index (Phi) is 5.46. The molecule has 0 saturated carbocycles. The highest BCUT2D eigenvalue weighted by atomic mass is 32.2. The van der Waals surface area contributed by atoms with Gasteiger partial charge in [-0.2, -0.15) is 0 Å². The first-order valence-corrected chi connectivity index (χ1v) is 7.40. The van der Waals surface area contributed by atoms with Gasteiger partial charge in [0.25, 0.3) is 0 Å². The first-order valence-electron chi connectivity index (χ1n) is 5.86. The molecule has 0 amide bonds. The summed E-state index contributed by atoms with van der Waals surface area (Å²) in [5.74, 6) is -0.814. The fourth-order valence-electron chi connectivity index (χ4n) is 1.53. The smallest absolute Gasteiger partial charge is 0.303 e. The van der Waals surface area contributed by atoms with Crippen LogP contribution < -0.4 is 10.5 Å². The molecule has 1 aromatic rings. The molecule has 7 heteroatoms. The van der Waals surface area contributed by atoms with Gasteiger partial charge >= 0.3 is 5.97 Å². The van der Waals surface area contributed by atoms with Crippen LogP contribution in [0.2, 0.25) is 0 Å². The lowest BCUT2D eigenvalue weighted by Crippen LogP contribution is -2.26. The molecule has 1 rings (SSSR count). The van der Waals surface area contributed by atoms with E-state index in [-0.39, 0.29) is 17.4 Å². The van der Waals surface area contributed by atoms with E-state index >= 15 is 0 Å². The van der Waals surface area contributed by atoms with E-state index in [1.807, 2.05) is 6.92 Å². The van der Waals surface area contributed by atoms with Crippen LogP contribution in [0.15, 0.2) is 29.2 Å². The molecule has 0 aromatic heterocycles. The predicted octanol–water partition coefficient (Wildman–Crippen LogP) is 0.677. The summed E-state index contributed by atoms with van der Waals surface area (Å²) in [7, 11) is -3.65. The van der Waals surface area contributed by atoms with Gasteiger partial charge in [0.15, 0.2) is 0 Å². The van der Waals surface area contributed by atoms with Crippen molar-refractivity contribution in [2.45, 2.75) is 37.2 Å². The highest BCUT2D eigenvalue weighted by molar-refractivity contribution is 7.89. The van der Waals surface area contributed by atoms with E-state index in [0.29, 0.717) is 13.0 Å². The van der Waals surface area contributed by atoms with Crippen LogP contribution in [0.3, 0.4) is 0 Å². The average Bonchev–Trinajstić information content (AvgIpc) is 2.33. The molecular formula is C12H18N2O4S. The van der Waals surface area contributed by atoms with Gasteiger partial charge in [-0.25, -0.2) is 13.6 Å². The van der Waals surface area contributed by atoms with Crippen molar-refractivity contribution in [3.63, 3.8) is 0 Å². The molecule has 1 unspecified atom stereocenters. The van der Waals surface area contributed by atoms with Crippen LogP contribution in [0.1, 0.15) is 25.3 Å². The van der Waals surface area contributed by atoms with Crippen molar-refractivity contribution in [1.82, 2.24) is 5.32 Å². The Balaban J connectivity index is 2.48. The number of hydrogen-bond donors (Lipinski definition) is 3. The van der Waals surface area contributed by atoms with E-state index in [1.165, 1.54) is 12.1 Å². The molecule has 0 aliphatic carbocycles. The summed E-state index contributed by atoms with van der Waals surface area (Å²) in [6.45, 7) is 2.45. The second-order valence-corrected chi connectivity index (χ2v) is 5.96. The Labute approximate surface area is 112 Å². The summed E-state index contributed by atoms with van der Waals surface area (Å²) in [6.07, 6.45) is 0.670. The number of carboxylic acids is 1. The van der Waals surface area contributed by atoms with E-state index < -0.39 is 16.0 Å². The standard InChI is InChI=1S/C12H18N2O4S/c1-9(2-7-12(15)16)14-8-10-3-5-11(6-4-10)19(13,17)18/h3-6,9,14H,2,7-8H2,1H3,(H,15,16)(H2,13,17,18). The van der Waals surface area contributed by atoms with Gasteiger partial charge in [0.1, 0.15) is 0 Å². The molecule has 0 spiro atoms. The van der Waals surface area contributed by atoms with Crippen LogP contribution in [0.5, 0.6) is 0 Å². The largest absolute Gasteiger partial charge is 0.481 e. The fraction of sp³-hybridized carbons (Fsp3) is 0.417. The van der Waals surface area contributed by atoms with E-state index in [2.05, 4.69) is 5.32 Å².